The van der Waals surface area contributed by atoms with Crippen LogP contribution in [0.4, 0.5) is 0 Å². The number of hydrogen-bond donors (Lipinski definition) is 1. The molecular weight excluding hydrogens is 180 g/mol. The average Bonchev–Trinajstić information content (AvgIpc) is 2.87. The molecule has 0 atom stereocenters. The van der Waals surface area contributed by atoms with Gasteiger partial charge >= 0.3 is 5.97 Å². The van der Waals surface area contributed by atoms with E-state index in [1.807, 2.05) is 0 Å². The minimum atomic E-state index is -0.958. The van der Waals surface area contributed by atoms with Gasteiger partial charge in [0.2, 0.25) is 0 Å². The van der Waals surface area contributed by atoms with Crippen molar-refractivity contribution in [2.45, 2.75) is 26.2 Å². The molecule has 1 fully saturated rings. The highest BCUT2D eigenvalue weighted by Gasteiger charge is 2.23. The van der Waals surface area contributed by atoms with Gasteiger partial charge in [-0.1, -0.05) is 0 Å². The molecule has 1 N–H and O–H groups in total. The highest BCUT2D eigenvalue weighted by Crippen LogP contribution is 2.31. The molecule has 0 amide bonds. The van der Waals surface area contributed by atoms with Crippen molar-refractivity contribution in [3.8, 4) is 0 Å². The maximum Gasteiger partial charge on any atom is 0.339 e. The standard InChI is InChI=1S/C10H12N2O2/c1-6-8(10(13)14)5-11-9(12-6)4-7-2-3-7/h5,7H,2-4H2,1H3,(H,13,14). The van der Waals surface area contributed by atoms with E-state index in [-0.39, 0.29) is 5.56 Å². The van der Waals surface area contributed by atoms with Gasteiger partial charge in [-0.05, 0) is 25.7 Å². The van der Waals surface area contributed by atoms with Crippen LogP contribution in [-0.4, -0.2) is 21.0 Å². The van der Waals surface area contributed by atoms with E-state index in [1.165, 1.54) is 19.0 Å². The lowest BCUT2D eigenvalue weighted by Crippen LogP contribution is -2.06. The molecule has 1 aliphatic carbocycles. The summed E-state index contributed by atoms with van der Waals surface area (Å²) < 4.78 is 0. The first-order valence-corrected chi connectivity index (χ1v) is 4.72. The Labute approximate surface area is 82.0 Å². The monoisotopic (exact) mass is 192 g/mol. The van der Waals surface area contributed by atoms with Crippen LogP contribution in [0.15, 0.2) is 6.20 Å². The number of aromatic nitrogens is 2. The Hall–Kier alpha value is -1.45. The SMILES string of the molecule is Cc1nc(CC2CC2)ncc1C(=O)O. The molecular formula is C10H12N2O2. The molecule has 1 aromatic heterocycles. The van der Waals surface area contributed by atoms with Crippen molar-refractivity contribution in [1.82, 2.24) is 9.97 Å². The molecule has 14 heavy (non-hydrogen) atoms. The largest absolute Gasteiger partial charge is 0.478 e. The molecule has 1 aliphatic rings. The van der Waals surface area contributed by atoms with Crippen LogP contribution < -0.4 is 0 Å². The molecule has 4 nitrogen and oxygen atoms in total. The van der Waals surface area contributed by atoms with Gasteiger partial charge < -0.3 is 5.11 Å². The van der Waals surface area contributed by atoms with Crippen LogP contribution in [0.2, 0.25) is 0 Å². The van der Waals surface area contributed by atoms with E-state index >= 15 is 0 Å². The van der Waals surface area contributed by atoms with E-state index in [2.05, 4.69) is 9.97 Å². The molecule has 0 aromatic carbocycles. The summed E-state index contributed by atoms with van der Waals surface area (Å²) in [5.41, 5.74) is 0.757. The fourth-order valence-electron chi connectivity index (χ4n) is 1.40. The lowest BCUT2D eigenvalue weighted by Gasteiger charge is -2.02. The minimum absolute atomic E-state index is 0.199. The fraction of sp³-hybridized carbons (Fsp3) is 0.500. The van der Waals surface area contributed by atoms with E-state index in [0.29, 0.717) is 5.69 Å². The number of rotatable bonds is 3. The predicted octanol–water partition coefficient (Wildman–Crippen LogP) is 1.44. The van der Waals surface area contributed by atoms with Crippen LogP contribution in [-0.2, 0) is 6.42 Å². The van der Waals surface area contributed by atoms with E-state index in [1.54, 1.807) is 6.92 Å². The van der Waals surface area contributed by atoms with Gasteiger partial charge in [0.25, 0.3) is 0 Å². The van der Waals surface area contributed by atoms with Crippen molar-refractivity contribution < 1.29 is 9.90 Å². The van der Waals surface area contributed by atoms with Crippen molar-refractivity contribution in [3.05, 3.63) is 23.3 Å². The van der Waals surface area contributed by atoms with E-state index in [4.69, 9.17) is 5.11 Å². The molecule has 0 bridgehead atoms. The molecule has 1 saturated carbocycles. The van der Waals surface area contributed by atoms with Crippen LogP contribution in [0.25, 0.3) is 0 Å². The number of hydrogen-bond acceptors (Lipinski definition) is 3. The van der Waals surface area contributed by atoms with Gasteiger partial charge in [0.1, 0.15) is 5.82 Å². The number of carboxylic acid groups (broad SMARTS) is 1. The Bertz CT molecular complexity index is 372. The van der Waals surface area contributed by atoms with Gasteiger partial charge in [-0.15, -0.1) is 0 Å². The summed E-state index contributed by atoms with van der Waals surface area (Å²) in [6.07, 6.45) is 4.80. The number of aryl methyl sites for hydroxylation is 1. The normalized spacial score (nSPS) is 15.5. The summed E-state index contributed by atoms with van der Waals surface area (Å²) in [6.45, 7) is 1.71. The molecule has 0 unspecified atom stereocenters. The Kier molecular flexibility index (Phi) is 2.19. The van der Waals surface area contributed by atoms with Crippen molar-refractivity contribution in [3.63, 3.8) is 0 Å². The third-order valence-corrected chi connectivity index (χ3v) is 2.43. The van der Waals surface area contributed by atoms with Crippen LogP contribution in [0.5, 0.6) is 0 Å². The molecule has 4 heteroatoms. The Morgan fingerprint density at radius 3 is 2.86 bits per heavy atom. The van der Waals surface area contributed by atoms with Gasteiger partial charge in [0.15, 0.2) is 0 Å². The van der Waals surface area contributed by atoms with E-state index in [0.717, 1.165) is 18.2 Å². The molecule has 0 saturated heterocycles. The second-order valence-corrected chi connectivity index (χ2v) is 3.74. The summed E-state index contributed by atoms with van der Waals surface area (Å²) in [4.78, 5) is 18.9. The topological polar surface area (TPSA) is 63.1 Å². The predicted molar refractivity (Wildman–Crippen MR) is 50.2 cm³/mol. The van der Waals surface area contributed by atoms with Crippen LogP contribution in [0, 0.1) is 12.8 Å². The lowest BCUT2D eigenvalue weighted by molar-refractivity contribution is 0.0695. The molecule has 74 valence electrons. The van der Waals surface area contributed by atoms with Crippen LogP contribution in [0.1, 0.15) is 34.7 Å². The van der Waals surface area contributed by atoms with E-state index < -0.39 is 5.97 Å². The maximum absolute atomic E-state index is 10.7. The number of aromatic carboxylic acids is 1. The zero-order chi connectivity index (χ0) is 10.1. The summed E-state index contributed by atoms with van der Waals surface area (Å²) in [5, 5.41) is 8.77. The quantitative estimate of drug-likeness (QED) is 0.787. The zero-order valence-electron chi connectivity index (χ0n) is 8.03. The highest BCUT2D eigenvalue weighted by molar-refractivity contribution is 5.88. The highest BCUT2D eigenvalue weighted by atomic mass is 16.4. The maximum atomic E-state index is 10.7. The Morgan fingerprint density at radius 2 is 2.36 bits per heavy atom. The molecule has 0 aliphatic heterocycles. The molecule has 1 heterocycles. The first kappa shape index (κ1) is 9.12. The summed E-state index contributed by atoms with van der Waals surface area (Å²) in [5.74, 6) is 0.542. The first-order valence-electron chi connectivity index (χ1n) is 4.72. The molecule has 0 radical (unpaired) electrons. The number of nitrogens with zero attached hydrogens (tertiary/aromatic N) is 2. The number of carbonyl (C=O) groups is 1. The average molecular weight is 192 g/mol. The summed E-state index contributed by atoms with van der Waals surface area (Å²) >= 11 is 0. The minimum Gasteiger partial charge on any atom is -0.478 e. The lowest BCUT2D eigenvalue weighted by atomic mass is 10.2. The second kappa shape index (κ2) is 3.36. The third kappa shape index (κ3) is 1.89. The van der Waals surface area contributed by atoms with Crippen molar-refractivity contribution in [2.75, 3.05) is 0 Å². The van der Waals surface area contributed by atoms with Gasteiger partial charge in [-0.25, -0.2) is 14.8 Å². The zero-order valence-corrected chi connectivity index (χ0v) is 8.03. The molecule has 1 aromatic rings. The Morgan fingerprint density at radius 1 is 1.64 bits per heavy atom. The number of carboxylic acids is 1. The van der Waals surface area contributed by atoms with E-state index in [9.17, 15) is 4.79 Å². The van der Waals surface area contributed by atoms with Crippen LogP contribution in [0.3, 0.4) is 0 Å². The Balaban J connectivity index is 2.20. The smallest absolute Gasteiger partial charge is 0.339 e. The van der Waals surface area contributed by atoms with Crippen LogP contribution >= 0.6 is 0 Å². The summed E-state index contributed by atoms with van der Waals surface area (Å²) in [7, 11) is 0. The van der Waals surface area contributed by atoms with Gasteiger partial charge in [0.05, 0.1) is 11.3 Å². The second-order valence-electron chi connectivity index (χ2n) is 3.74. The van der Waals surface area contributed by atoms with Crippen molar-refractivity contribution >= 4 is 5.97 Å². The van der Waals surface area contributed by atoms with Gasteiger partial charge in [0, 0.05) is 12.6 Å². The molecule has 0 spiro atoms. The van der Waals surface area contributed by atoms with Crippen molar-refractivity contribution in [2.24, 2.45) is 5.92 Å². The fourth-order valence-corrected chi connectivity index (χ4v) is 1.40. The van der Waals surface area contributed by atoms with Gasteiger partial charge in [-0.3, -0.25) is 0 Å². The van der Waals surface area contributed by atoms with Gasteiger partial charge in [-0.2, -0.15) is 0 Å². The molecule has 2 rings (SSSR count). The summed E-state index contributed by atoms with van der Waals surface area (Å²) in [6, 6.07) is 0. The third-order valence-electron chi connectivity index (χ3n) is 2.43. The first-order chi connectivity index (χ1) is 6.66. The van der Waals surface area contributed by atoms with Crippen molar-refractivity contribution in [1.29, 1.82) is 0 Å².